The Hall–Kier alpha value is -2.89. The molecule has 0 radical (unpaired) electrons. The highest BCUT2D eigenvalue weighted by molar-refractivity contribution is 6.05. The van der Waals surface area contributed by atoms with Gasteiger partial charge in [0, 0.05) is 26.6 Å². The topological polar surface area (TPSA) is 66.9 Å². The maximum absolute atomic E-state index is 12.6. The highest BCUT2D eigenvalue weighted by Gasteiger charge is 2.47. The van der Waals surface area contributed by atoms with Crippen LogP contribution in [0.1, 0.15) is 37.7 Å². The minimum atomic E-state index is -0.157. The number of methoxy groups -OCH3 is 1. The van der Waals surface area contributed by atoms with Crippen LogP contribution in [0.5, 0.6) is 5.75 Å². The summed E-state index contributed by atoms with van der Waals surface area (Å²) in [6.07, 6.45) is 3.78. The number of ether oxygens (including phenoxy) is 1. The van der Waals surface area contributed by atoms with Crippen LogP contribution in [0, 0.1) is 11.8 Å². The summed E-state index contributed by atoms with van der Waals surface area (Å²) >= 11 is 0. The second-order valence-electron chi connectivity index (χ2n) is 8.37. The monoisotopic (exact) mass is 408 g/mol. The SMILES string of the molecule is COc1ccc2cc(CN(C)C(=O)CCN3C(=O)[C@@H]4CCCC[C@H]4C3=O)ccc2c1. The summed E-state index contributed by atoms with van der Waals surface area (Å²) in [5.74, 6) is 0.273. The van der Waals surface area contributed by atoms with E-state index in [1.165, 1.54) is 4.90 Å². The van der Waals surface area contributed by atoms with E-state index in [1.807, 2.05) is 30.3 Å². The third-order valence-electron chi connectivity index (χ3n) is 6.44. The number of carbonyl (C=O) groups excluding carboxylic acids is 3. The quantitative estimate of drug-likeness (QED) is 0.688. The van der Waals surface area contributed by atoms with Gasteiger partial charge in [0.15, 0.2) is 0 Å². The molecule has 1 aliphatic carbocycles. The van der Waals surface area contributed by atoms with Crippen molar-refractivity contribution in [2.24, 2.45) is 11.8 Å². The van der Waals surface area contributed by atoms with Gasteiger partial charge < -0.3 is 9.64 Å². The molecule has 4 rings (SSSR count). The first-order chi connectivity index (χ1) is 14.5. The standard InChI is InChI=1S/C24H28N2O4/c1-25(15-16-7-8-18-14-19(30-2)10-9-17(18)13-16)22(27)11-12-26-23(28)20-5-3-4-6-21(20)24(26)29/h7-10,13-14,20-21H,3-6,11-12,15H2,1-2H3/t20-,21-/m1/s1. The molecular weight excluding hydrogens is 380 g/mol. The van der Waals surface area contributed by atoms with E-state index in [-0.39, 0.29) is 42.5 Å². The number of nitrogens with zero attached hydrogens (tertiary/aromatic N) is 2. The van der Waals surface area contributed by atoms with Gasteiger partial charge >= 0.3 is 0 Å². The molecule has 2 aliphatic rings. The first kappa shape index (κ1) is 20.4. The predicted molar refractivity (Wildman–Crippen MR) is 114 cm³/mol. The van der Waals surface area contributed by atoms with Gasteiger partial charge in [0.05, 0.1) is 18.9 Å². The maximum atomic E-state index is 12.6. The molecule has 1 saturated heterocycles. The van der Waals surface area contributed by atoms with Crippen molar-refractivity contribution in [3.63, 3.8) is 0 Å². The van der Waals surface area contributed by atoms with Gasteiger partial charge in [0.1, 0.15) is 5.75 Å². The number of imide groups is 1. The maximum Gasteiger partial charge on any atom is 0.233 e. The summed E-state index contributed by atoms with van der Waals surface area (Å²) in [4.78, 5) is 40.8. The Bertz CT molecular complexity index is 962. The minimum absolute atomic E-state index is 0.0692. The van der Waals surface area contributed by atoms with E-state index in [0.29, 0.717) is 6.54 Å². The van der Waals surface area contributed by atoms with Crippen molar-refractivity contribution in [3.8, 4) is 5.75 Å². The van der Waals surface area contributed by atoms with Crippen LogP contribution in [0.4, 0.5) is 0 Å². The second kappa shape index (κ2) is 8.46. The Morgan fingerprint density at radius 3 is 2.33 bits per heavy atom. The molecule has 0 spiro atoms. The van der Waals surface area contributed by atoms with Crippen LogP contribution in [0.15, 0.2) is 36.4 Å². The van der Waals surface area contributed by atoms with Gasteiger partial charge in [-0.25, -0.2) is 0 Å². The van der Waals surface area contributed by atoms with E-state index in [4.69, 9.17) is 4.74 Å². The zero-order valence-corrected chi connectivity index (χ0v) is 17.6. The summed E-state index contributed by atoms with van der Waals surface area (Å²) < 4.78 is 5.26. The van der Waals surface area contributed by atoms with Crippen LogP contribution in [0.3, 0.4) is 0 Å². The lowest BCUT2D eigenvalue weighted by atomic mass is 9.81. The third-order valence-corrected chi connectivity index (χ3v) is 6.44. The molecule has 2 aromatic carbocycles. The molecule has 0 aromatic heterocycles. The van der Waals surface area contributed by atoms with Crippen molar-refractivity contribution in [1.82, 2.24) is 9.80 Å². The number of benzene rings is 2. The second-order valence-corrected chi connectivity index (χ2v) is 8.37. The Balaban J connectivity index is 1.35. The molecule has 1 heterocycles. The summed E-state index contributed by atoms with van der Waals surface area (Å²) in [6, 6.07) is 12.0. The van der Waals surface area contributed by atoms with Crippen LogP contribution in [0.25, 0.3) is 10.8 Å². The van der Waals surface area contributed by atoms with E-state index in [9.17, 15) is 14.4 Å². The van der Waals surface area contributed by atoms with Gasteiger partial charge in [-0.05, 0) is 47.4 Å². The summed E-state index contributed by atoms with van der Waals surface area (Å²) in [5.41, 5.74) is 1.03. The van der Waals surface area contributed by atoms with E-state index >= 15 is 0 Å². The fraction of sp³-hybridized carbons (Fsp3) is 0.458. The Morgan fingerprint density at radius 2 is 1.67 bits per heavy atom. The van der Waals surface area contributed by atoms with Crippen molar-refractivity contribution < 1.29 is 19.1 Å². The molecule has 30 heavy (non-hydrogen) atoms. The predicted octanol–water partition coefficient (Wildman–Crippen LogP) is 3.37. The lowest BCUT2D eigenvalue weighted by Crippen LogP contribution is -2.36. The Kier molecular flexibility index (Phi) is 5.75. The molecule has 1 saturated carbocycles. The molecule has 158 valence electrons. The molecule has 0 unspecified atom stereocenters. The molecule has 1 aliphatic heterocycles. The molecule has 2 atom stereocenters. The molecule has 6 heteroatoms. The fourth-order valence-corrected chi connectivity index (χ4v) is 4.71. The zero-order chi connectivity index (χ0) is 21.3. The molecule has 2 aromatic rings. The normalized spacial score (nSPS) is 21.1. The molecule has 0 bridgehead atoms. The number of likely N-dealkylation sites (tertiary alicyclic amines) is 1. The number of rotatable bonds is 6. The first-order valence-corrected chi connectivity index (χ1v) is 10.6. The number of fused-ring (bicyclic) bond motifs is 2. The van der Waals surface area contributed by atoms with Gasteiger partial charge in [-0.15, -0.1) is 0 Å². The Labute approximate surface area is 176 Å². The largest absolute Gasteiger partial charge is 0.497 e. The zero-order valence-electron chi connectivity index (χ0n) is 17.6. The average molecular weight is 408 g/mol. The third kappa shape index (κ3) is 3.91. The fourth-order valence-electron chi connectivity index (χ4n) is 4.71. The lowest BCUT2D eigenvalue weighted by molar-refractivity contribution is -0.140. The summed E-state index contributed by atoms with van der Waals surface area (Å²) in [5, 5.41) is 2.17. The van der Waals surface area contributed by atoms with Crippen molar-refractivity contribution >= 4 is 28.5 Å². The average Bonchev–Trinajstić information content (AvgIpc) is 3.01. The first-order valence-electron chi connectivity index (χ1n) is 10.6. The molecule has 2 fully saturated rings. The molecule has 6 nitrogen and oxygen atoms in total. The summed E-state index contributed by atoms with van der Waals surface area (Å²) in [6.45, 7) is 0.666. The van der Waals surface area contributed by atoms with Crippen LogP contribution in [-0.2, 0) is 20.9 Å². The minimum Gasteiger partial charge on any atom is -0.497 e. The number of hydrogen-bond acceptors (Lipinski definition) is 4. The van der Waals surface area contributed by atoms with Crippen molar-refractivity contribution in [3.05, 3.63) is 42.0 Å². The van der Waals surface area contributed by atoms with E-state index in [2.05, 4.69) is 6.07 Å². The van der Waals surface area contributed by atoms with Crippen molar-refractivity contribution in [1.29, 1.82) is 0 Å². The molecule has 3 amide bonds. The van der Waals surface area contributed by atoms with Crippen LogP contribution >= 0.6 is 0 Å². The Morgan fingerprint density at radius 1 is 1.03 bits per heavy atom. The van der Waals surface area contributed by atoms with Gasteiger partial charge in [-0.2, -0.15) is 0 Å². The van der Waals surface area contributed by atoms with Crippen LogP contribution < -0.4 is 4.74 Å². The van der Waals surface area contributed by atoms with E-state index in [1.54, 1.807) is 19.1 Å². The van der Waals surface area contributed by atoms with Gasteiger partial charge in [0.25, 0.3) is 0 Å². The van der Waals surface area contributed by atoms with E-state index < -0.39 is 0 Å². The van der Waals surface area contributed by atoms with Gasteiger partial charge in [-0.1, -0.05) is 31.0 Å². The lowest BCUT2D eigenvalue weighted by Gasteiger charge is -2.20. The molecule has 0 N–H and O–H groups in total. The molecular formula is C24H28N2O4. The highest BCUT2D eigenvalue weighted by atomic mass is 16.5. The highest BCUT2D eigenvalue weighted by Crippen LogP contribution is 2.38. The number of amides is 3. The smallest absolute Gasteiger partial charge is 0.233 e. The van der Waals surface area contributed by atoms with Gasteiger partial charge in [-0.3, -0.25) is 19.3 Å². The van der Waals surface area contributed by atoms with Crippen molar-refractivity contribution in [2.75, 3.05) is 20.7 Å². The van der Waals surface area contributed by atoms with Crippen molar-refractivity contribution in [2.45, 2.75) is 38.6 Å². The number of carbonyl (C=O) groups is 3. The van der Waals surface area contributed by atoms with Gasteiger partial charge in [0.2, 0.25) is 17.7 Å². The van der Waals surface area contributed by atoms with E-state index in [0.717, 1.165) is 47.8 Å². The number of hydrogen-bond donors (Lipinski definition) is 0. The van der Waals surface area contributed by atoms with Crippen LogP contribution in [0.2, 0.25) is 0 Å². The van der Waals surface area contributed by atoms with Crippen LogP contribution in [-0.4, -0.2) is 48.2 Å². The summed E-state index contributed by atoms with van der Waals surface area (Å²) in [7, 11) is 3.40.